The second kappa shape index (κ2) is 7.49. The van der Waals surface area contributed by atoms with Crippen molar-refractivity contribution < 1.29 is 9.47 Å². The van der Waals surface area contributed by atoms with Crippen LogP contribution in [0.15, 0.2) is 26.5 Å². The summed E-state index contributed by atoms with van der Waals surface area (Å²) in [4.78, 5) is 12.6. The minimum absolute atomic E-state index is 0.117. The van der Waals surface area contributed by atoms with Gasteiger partial charge in [-0.1, -0.05) is 20.8 Å². The van der Waals surface area contributed by atoms with Crippen LogP contribution in [-0.2, 0) is 5.41 Å². The van der Waals surface area contributed by atoms with Crippen molar-refractivity contribution >= 4 is 34.4 Å². The summed E-state index contributed by atoms with van der Waals surface area (Å²) in [7, 11) is 3.10. The predicted octanol–water partition coefficient (Wildman–Crippen LogP) is 3.26. The van der Waals surface area contributed by atoms with Crippen LogP contribution in [0, 0.1) is 4.77 Å². The van der Waals surface area contributed by atoms with Gasteiger partial charge >= 0.3 is 0 Å². The first-order valence-electron chi connectivity index (χ1n) is 7.37. The van der Waals surface area contributed by atoms with Crippen LogP contribution in [0.2, 0.25) is 0 Å². The molecule has 0 saturated carbocycles. The molecule has 25 heavy (non-hydrogen) atoms. The van der Waals surface area contributed by atoms with E-state index >= 15 is 0 Å². The average molecular weight is 427 g/mol. The number of nitrogens with one attached hydrogen (secondary N) is 1. The minimum atomic E-state index is -0.433. The smallest absolute Gasteiger partial charge is 0.297 e. The van der Waals surface area contributed by atoms with Gasteiger partial charge in [0.15, 0.2) is 11.5 Å². The molecule has 0 fully saturated rings. The molecule has 0 atom stereocenters. The molecule has 9 heteroatoms. The van der Waals surface area contributed by atoms with Crippen LogP contribution < -0.4 is 15.0 Å². The Hall–Kier alpha value is -2.00. The molecule has 2 rings (SSSR count). The van der Waals surface area contributed by atoms with E-state index in [1.807, 2.05) is 20.8 Å². The maximum absolute atomic E-state index is 12.6. The first kappa shape index (κ1) is 19.3. The maximum Gasteiger partial charge on any atom is 0.297 e. The second-order valence-electron chi connectivity index (χ2n) is 6.19. The first-order chi connectivity index (χ1) is 11.7. The van der Waals surface area contributed by atoms with E-state index in [2.05, 4.69) is 31.2 Å². The highest BCUT2D eigenvalue weighted by Crippen LogP contribution is 2.36. The van der Waals surface area contributed by atoms with Crippen molar-refractivity contribution in [1.29, 1.82) is 0 Å². The molecule has 0 aliphatic rings. The quantitative estimate of drug-likeness (QED) is 0.599. The van der Waals surface area contributed by atoms with Crippen LogP contribution in [0.4, 0.5) is 0 Å². The summed E-state index contributed by atoms with van der Waals surface area (Å²) < 4.78 is 12.5. The Morgan fingerprint density at radius 1 is 1.32 bits per heavy atom. The molecule has 0 bridgehead atoms. The van der Waals surface area contributed by atoms with E-state index in [0.717, 1.165) is 4.68 Å². The van der Waals surface area contributed by atoms with Gasteiger partial charge in [-0.25, -0.2) is 0 Å². The van der Waals surface area contributed by atoms with Gasteiger partial charge in [0, 0.05) is 11.0 Å². The Kier molecular flexibility index (Phi) is 5.79. The molecule has 0 saturated heterocycles. The van der Waals surface area contributed by atoms with Crippen LogP contribution in [0.3, 0.4) is 0 Å². The third kappa shape index (κ3) is 3.98. The van der Waals surface area contributed by atoms with Gasteiger partial charge in [-0.2, -0.15) is 14.9 Å². The lowest BCUT2D eigenvalue weighted by atomic mass is 9.93. The number of rotatable bonds is 4. The lowest BCUT2D eigenvalue weighted by Gasteiger charge is -2.16. The number of nitrogens with zero attached hydrogens (tertiary/aromatic N) is 3. The number of hydrogen-bond donors (Lipinski definition) is 1. The zero-order valence-corrected chi connectivity index (χ0v) is 17.0. The van der Waals surface area contributed by atoms with Crippen molar-refractivity contribution in [3.05, 3.63) is 43.0 Å². The largest absolute Gasteiger partial charge is 0.493 e. The van der Waals surface area contributed by atoms with Gasteiger partial charge in [-0.15, -0.1) is 0 Å². The number of halogens is 1. The molecule has 1 aromatic heterocycles. The van der Waals surface area contributed by atoms with E-state index in [1.54, 1.807) is 26.4 Å². The summed E-state index contributed by atoms with van der Waals surface area (Å²) in [6.07, 6.45) is 1.52. The van der Waals surface area contributed by atoms with Crippen molar-refractivity contribution in [3.8, 4) is 11.5 Å². The molecule has 1 heterocycles. The van der Waals surface area contributed by atoms with Crippen LogP contribution in [0.25, 0.3) is 0 Å². The fraction of sp³-hybridized carbons (Fsp3) is 0.375. The molecule has 0 spiro atoms. The van der Waals surface area contributed by atoms with E-state index in [9.17, 15) is 4.79 Å². The fourth-order valence-electron chi connectivity index (χ4n) is 2.11. The molecule has 0 aliphatic carbocycles. The van der Waals surface area contributed by atoms with Crippen molar-refractivity contribution in [1.82, 2.24) is 14.9 Å². The summed E-state index contributed by atoms with van der Waals surface area (Å²) in [5.74, 6) is 1.12. The number of benzene rings is 1. The molecule has 7 nitrogen and oxygen atoms in total. The van der Waals surface area contributed by atoms with E-state index in [1.165, 1.54) is 6.21 Å². The van der Waals surface area contributed by atoms with Gasteiger partial charge < -0.3 is 9.47 Å². The van der Waals surface area contributed by atoms with Crippen molar-refractivity contribution in [2.24, 2.45) is 5.10 Å². The molecule has 1 aromatic carbocycles. The van der Waals surface area contributed by atoms with Crippen molar-refractivity contribution in [3.63, 3.8) is 0 Å². The van der Waals surface area contributed by atoms with E-state index in [0.29, 0.717) is 27.2 Å². The van der Waals surface area contributed by atoms with Crippen molar-refractivity contribution in [2.45, 2.75) is 26.2 Å². The highest BCUT2D eigenvalue weighted by Gasteiger charge is 2.21. The van der Waals surface area contributed by atoms with Gasteiger partial charge in [-0.05, 0) is 40.3 Å². The van der Waals surface area contributed by atoms with Crippen LogP contribution in [-0.4, -0.2) is 35.3 Å². The molecular weight excluding hydrogens is 408 g/mol. The summed E-state index contributed by atoms with van der Waals surface area (Å²) in [5, 5.41) is 10.9. The molecule has 1 N–H and O–H groups in total. The van der Waals surface area contributed by atoms with Gasteiger partial charge in [0.05, 0.1) is 24.9 Å². The van der Waals surface area contributed by atoms with Gasteiger partial charge in [0.25, 0.3) is 5.56 Å². The van der Waals surface area contributed by atoms with Crippen molar-refractivity contribution in [2.75, 3.05) is 14.2 Å². The summed E-state index contributed by atoms with van der Waals surface area (Å²) in [6.45, 7) is 5.69. The summed E-state index contributed by atoms with van der Waals surface area (Å²) in [5.41, 5.74) is 0.263. The molecule has 0 amide bonds. The standard InChI is InChI=1S/C16H19BrN4O3S/c1-16(2,3)13-14(22)21(15(25)20-19-13)18-8-9-6-7-10(23-4)12(24-5)11(9)17/h6-8H,1-5H3,(H,20,25)/b18-8-. The summed E-state index contributed by atoms with van der Waals surface area (Å²) >= 11 is 8.59. The molecule has 2 aromatic rings. The maximum atomic E-state index is 12.6. The normalized spacial score (nSPS) is 11.8. The Labute approximate surface area is 158 Å². The number of ether oxygens (including phenoxy) is 2. The highest BCUT2D eigenvalue weighted by atomic mass is 79.9. The molecule has 0 unspecified atom stereocenters. The molecule has 0 aliphatic heterocycles. The second-order valence-corrected chi connectivity index (χ2v) is 7.37. The van der Waals surface area contributed by atoms with Gasteiger partial charge in [0.1, 0.15) is 5.69 Å². The lowest BCUT2D eigenvalue weighted by molar-refractivity contribution is 0.353. The first-order valence-corrected chi connectivity index (χ1v) is 8.58. The van der Waals surface area contributed by atoms with Crippen LogP contribution in [0.5, 0.6) is 11.5 Å². The number of aromatic amines is 1. The van der Waals surface area contributed by atoms with E-state index < -0.39 is 5.41 Å². The molecule has 0 radical (unpaired) electrons. The number of aromatic nitrogens is 3. The lowest BCUT2D eigenvalue weighted by Crippen LogP contribution is -2.32. The van der Waals surface area contributed by atoms with Crippen LogP contribution in [0.1, 0.15) is 32.0 Å². The predicted molar refractivity (Wildman–Crippen MR) is 103 cm³/mol. The zero-order chi connectivity index (χ0) is 18.8. The monoisotopic (exact) mass is 426 g/mol. The van der Waals surface area contributed by atoms with E-state index in [4.69, 9.17) is 21.7 Å². The topological polar surface area (TPSA) is 81.5 Å². The zero-order valence-electron chi connectivity index (χ0n) is 14.6. The summed E-state index contributed by atoms with van der Waals surface area (Å²) in [6, 6.07) is 3.54. The third-order valence-electron chi connectivity index (χ3n) is 3.39. The van der Waals surface area contributed by atoms with E-state index in [-0.39, 0.29) is 10.3 Å². The average Bonchev–Trinajstić information content (AvgIpc) is 2.54. The highest BCUT2D eigenvalue weighted by molar-refractivity contribution is 9.10. The SMILES string of the molecule is COc1ccc(/C=N\n2c(=S)[nH]nc(C(C)(C)C)c2=O)c(Br)c1OC. The molecular formula is C16H19BrN4O3S. The Morgan fingerprint density at radius 2 is 2.00 bits per heavy atom. The fourth-order valence-corrected chi connectivity index (χ4v) is 2.88. The number of H-pyrrole nitrogens is 1. The van der Waals surface area contributed by atoms with Gasteiger partial charge in [0.2, 0.25) is 4.77 Å². The third-order valence-corrected chi connectivity index (χ3v) is 4.47. The Morgan fingerprint density at radius 3 is 2.56 bits per heavy atom. The number of hydrogen-bond acceptors (Lipinski definition) is 6. The Bertz CT molecular complexity index is 928. The minimum Gasteiger partial charge on any atom is -0.493 e. The Balaban J connectivity index is 2.55. The number of methoxy groups -OCH3 is 2. The van der Waals surface area contributed by atoms with Gasteiger partial charge in [-0.3, -0.25) is 9.89 Å². The van der Waals surface area contributed by atoms with Crippen LogP contribution >= 0.6 is 28.1 Å². The molecule has 134 valence electrons.